The minimum atomic E-state index is -0.480. The zero-order valence-electron chi connectivity index (χ0n) is 13.1. The van der Waals surface area contributed by atoms with E-state index in [4.69, 9.17) is 5.73 Å². The van der Waals surface area contributed by atoms with Gasteiger partial charge in [-0.15, -0.1) is 0 Å². The number of nitrogens with two attached hydrogens (primary N) is 1. The summed E-state index contributed by atoms with van der Waals surface area (Å²) >= 11 is 0. The number of rotatable bonds is 3. The molecule has 2 aliphatic rings. The van der Waals surface area contributed by atoms with Crippen molar-refractivity contribution in [1.82, 2.24) is 14.5 Å². The van der Waals surface area contributed by atoms with Crippen molar-refractivity contribution < 1.29 is 4.79 Å². The Morgan fingerprint density at radius 2 is 2.13 bits per heavy atom. The Balaban J connectivity index is 1.54. The monoisotopic (exact) mass is 311 g/mol. The number of primary amides is 1. The molecule has 1 fully saturated rings. The van der Waals surface area contributed by atoms with Gasteiger partial charge in [0.1, 0.15) is 5.69 Å². The Morgan fingerprint density at radius 3 is 3.00 bits per heavy atom. The number of fused-ring (bicyclic) bond motifs is 1. The first-order valence-electron chi connectivity index (χ1n) is 8.28. The number of hydrogen-bond acceptors (Lipinski definition) is 4. The van der Waals surface area contributed by atoms with Gasteiger partial charge in [-0.25, -0.2) is 4.98 Å². The summed E-state index contributed by atoms with van der Waals surface area (Å²) < 4.78 is 2.38. The molecule has 120 valence electrons. The molecule has 2 aromatic rings. The molecule has 1 saturated heterocycles. The maximum Gasteiger partial charge on any atom is 0.267 e. The first kappa shape index (κ1) is 14.2. The molecule has 2 N–H and O–H groups in total. The maximum atomic E-state index is 11.3. The average molecular weight is 311 g/mol. The highest BCUT2D eigenvalue weighted by atomic mass is 16.1. The molecule has 0 aromatic carbocycles. The summed E-state index contributed by atoms with van der Waals surface area (Å²) in [5.74, 6) is -0.480. The smallest absolute Gasteiger partial charge is 0.267 e. The van der Waals surface area contributed by atoms with Crippen molar-refractivity contribution in [3.05, 3.63) is 41.7 Å². The van der Waals surface area contributed by atoms with Crippen LogP contribution in [0.4, 0.5) is 5.69 Å². The molecular weight excluding hydrogens is 290 g/mol. The first-order valence-corrected chi connectivity index (χ1v) is 8.28. The lowest BCUT2D eigenvalue weighted by Gasteiger charge is -2.21. The van der Waals surface area contributed by atoms with Gasteiger partial charge in [0.2, 0.25) is 0 Å². The van der Waals surface area contributed by atoms with Crippen molar-refractivity contribution in [2.45, 2.75) is 38.1 Å². The predicted molar refractivity (Wildman–Crippen MR) is 87.5 cm³/mol. The number of hydrogen-bond donors (Lipinski definition) is 1. The van der Waals surface area contributed by atoms with Crippen LogP contribution in [0.5, 0.6) is 0 Å². The number of amides is 1. The molecule has 1 aliphatic heterocycles. The van der Waals surface area contributed by atoms with Crippen molar-refractivity contribution >= 4 is 11.6 Å². The minimum absolute atomic E-state index is 0.325. The molecule has 1 aliphatic carbocycles. The first-order chi connectivity index (χ1) is 11.2. The average Bonchev–Trinajstić information content (AvgIpc) is 3.21. The van der Waals surface area contributed by atoms with Gasteiger partial charge in [0.25, 0.3) is 5.91 Å². The molecule has 0 unspecified atom stereocenters. The molecule has 1 atom stereocenters. The quantitative estimate of drug-likeness (QED) is 0.936. The Labute approximate surface area is 135 Å². The van der Waals surface area contributed by atoms with Gasteiger partial charge >= 0.3 is 0 Å². The third kappa shape index (κ3) is 2.58. The van der Waals surface area contributed by atoms with Crippen LogP contribution >= 0.6 is 0 Å². The zero-order chi connectivity index (χ0) is 15.8. The predicted octanol–water partition coefficient (Wildman–Crippen LogP) is 1.71. The Morgan fingerprint density at radius 1 is 1.26 bits per heavy atom. The summed E-state index contributed by atoms with van der Waals surface area (Å²) in [6, 6.07) is 4.18. The number of imidazole rings is 1. The van der Waals surface area contributed by atoms with Crippen LogP contribution in [0.3, 0.4) is 0 Å². The SMILES string of the molecule is NC(=O)c1cc(N2CC[C@@H](n3cnc4c3CCCC4)C2)ccn1. The van der Waals surface area contributed by atoms with Crippen LogP contribution in [0.25, 0.3) is 0 Å². The van der Waals surface area contributed by atoms with Gasteiger partial charge in [0, 0.05) is 30.7 Å². The van der Waals surface area contributed by atoms with Gasteiger partial charge in [-0.3, -0.25) is 9.78 Å². The van der Waals surface area contributed by atoms with E-state index in [9.17, 15) is 4.79 Å². The van der Waals surface area contributed by atoms with Gasteiger partial charge in [-0.1, -0.05) is 0 Å². The Bertz CT molecular complexity index is 738. The second kappa shape index (κ2) is 5.68. The molecule has 23 heavy (non-hydrogen) atoms. The molecule has 6 heteroatoms. The van der Waals surface area contributed by atoms with E-state index < -0.39 is 5.91 Å². The zero-order valence-corrected chi connectivity index (χ0v) is 13.1. The fourth-order valence-electron chi connectivity index (χ4n) is 3.76. The molecule has 0 radical (unpaired) electrons. The van der Waals surface area contributed by atoms with E-state index in [0.717, 1.165) is 38.0 Å². The van der Waals surface area contributed by atoms with Gasteiger partial charge in [0.15, 0.2) is 0 Å². The van der Waals surface area contributed by atoms with Crippen LogP contribution in [-0.2, 0) is 12.8 Å². The van der Waals surface area contributed by atoms with Gasteiger partial charge in [0.05, 0.1) is 18.1 Å². The number of aromatic nitrogens is 3. The van der Waals surface area contributed by atoms with Crippen molar-refractivity contribution in [3.8, 4) is 0 Å². The van der Waals surface area contributed by atoms with E-state index in [0.29, 0.717) is 11.7 Å². The number of pyridine rings is 1. The lowest BCUT2D eigenvalue weighted by molar-refractivity contribution is 0.0995. The fraction of sp³-hybridized carbons (Fsp3) is 0.471. The molecular formula is C17H21N5O. The largest absolute Gasteiger partial charge is 0.369 e. The molecule has 0 saturated carbocycles. The van der Waals surface area contributed by atoms with Crippen molar-refractivity contribution in [2.75, 3.05) is 18.0 Å². The van der Waals surface area contributed by atoms with Crippen molar-refractivity contribution in [2.24, 2.45) is 5.73 Å². The molecule has 0 spiro atoms. The van der Waals surface area contributed by atoms with Gasteiger partial charge in [-0.05, 0) is 44.2 Å². The summed E-state index contributed by atoms with van der Waals surface area (Å²) in [6.45, 7) is 1.91. The second-order valence-corrected chi connectivity index (χ2v) is 6.40. The van der Waals surface area contributed by atoms with E-state index in [1.807, 2.05) is 12.4 Å². The highest BCUT2D eigenvalue weighted by Gasteiger charge is 2.27. The normalized spacial score (nSPS) is 20.5. The van der Waals surface area contributed by atoms with Crippen LogP contribution in [0.2, 0.25) is 0 Å². The molecule has 3 heterocycles. The maximum absolute atomic E-state index is 11.3. The number of aryl methyl sites for hydroxylation is 1. The highest BCUT2D eigenvalue weighted by molar-refractivity contribution is 5.91. The Hall–Kier alpha value is -2.37. The lowest BCUT2D eigenvalue weighted by Crippen LogP contribution is -2.22. The van der Waals surface area contributed by atoms with Crippen LogP contribution in [0, 0.1) is 0 Å². The van der Waals surface area contributed by atoms with E-state index in [1.165, 1.54) is 24.2 Å². The number of carbonyl (C=O) groups excluding carboxylic acids is 1. The number of anilines is 1. The van der Waals surface area contributed by atoms with Gasteiger partial charge in [-0.2, -0.15) is 0 Å². The lowest BCUT2D eigenvalue weighted by atomic mass is 10.0. The molecule has 0 bridgehead atoms. The van der Waals surface area contributed by atoms with Crippen LogP contribution in [0.15, 0.2) is 24.7 Å². The molecule has 1 amide bonds. The van der Waals surface area contributed by atoms with Crippen molar-refractivity contribution in [1.29, 1.82) is 0 Å². The third-order valence-electron chi connectivity index (χ3n) is 4.98. The van der Waals surface area contributed by atoms with E-state index in [2.05, 4.69) is 19.4 Å². The number of carbonyl (C=O) groups is 1. The van der Waals surface area contributed by atoms with Crippen molar-refractivity contribution in [3.63, 3.8) is 0 Å². The van der Waals surface area contributed by atoms with Crippen LogP contribution in [0.1, 0.15) is 47.2 Å². The van der Waals surface area contributed by atoms with E-state index in [1.54, 1.807) is 12.3 Å². The topological polar surface area (TPSA) is 77.0 Å². The van der Waals surface area contributed by atoms with Crippen LogP contribution < -0.4 is 10.6 Å². The molecule has 2 aromatic heterocycles. The van der Waals surface area contributed by atoms with Gasteiger partial charge < -0.3 is 15.2 Å². The Kier molecular flexibility index (Phi) is 3.52. The molecule has 6 nitrogen and oxygen atoms in total. The number of nitrogens with zero attached hydrogens (tertiary/aromatic N) is 4. The summed E-state index contributed by atoms with van der Waals surface area (Å²) in [7, 11) is 0. The second-order valence-electron chi connectivity index (χ2n) is 6.40. The summed E-state index contributed by atoms with van der Waals surface area (Å²) in [5, 5.41) is 0. The van der Waals surface area contributed by atoms with E-state index in [-0.39, 0.29) is 0 Å². The summed E-state index contributed by atoms with van der Waals surface area (Å²) in [6.07, 6.45) is 9.55. The fourth-order valence-corrected chi connectivity index (χ4v) is 3.76. The minimum Gasteiger partial charge on any atom is -0.369 e. The third-order valence-corrected chi connectivity index (χ3v) is 4.98. The van der Waals surface area contributed by atoms with Crippen LogP contribution in [-0.4, -0.2) is 33.5 Å². The highest BCUT2D eigenvalue weighted by Crippen LogP contribution is 2.30. The molecule has 4 rings (SSSR count). The summed E-state index contributed by atoms with van der Waals surface area (Å²) in [4.78, 5) is 22.2. The standard InChI is InChI=1S/C17H21N5O/c18-17(23)15-9-12(5-7-19-15)21-8-6-13(10-21)22-11-20-14-3-1-2-4-16(14)22/h5,7,9,11,13H,1-4,6,8,10H2,(H2,18,23)/t13-/m1/s1. The summed E-state index contributed by atoms with van der Waals surface area (Å²) in [5.41, 5.74) is 9.39. The van der Waals surface area contributed by atoms with E-state index >= 15 is 0 Å².